The maximum absolute atomic E-state index is 14.1. The van der Waals surface area contributed by atoms with Crippen molar-refractivity contribution in [2.75, 3.05) is 13.1 Å². The lowest BCUT2D eigenvalue weighted by atomic mass is 9.68. The van der Waals surface area contributed by atoms with Crippen molar-refractivity contribution in [3.8, 4) is 0 Å². The number of amides is 1. The van der Waals surface area contributed by atoms with Crippen LogP contribution in [-0.2, 0) is 11.2 Å². The van der Waals surface area contributed by atoms with Gasteiger partial charge in [-0.1, -0.05) is 28.7 Å². The van der Waals surface area contributed by atoms with Crippen molar-refractivity contribution in [1.29, 1.82) is 0 Å². The Bertz CT molecular complexity index is 929. The molecule has 29 heavy (non-hydrogen) atoms. The second-order valence-corrected chi connectivity index (χ2v) is 12.7. The number of fused-ring (bicyclic) bond motifs is 1. The molecule has 1 unspecified atom stereocenters. The highest BCUT2D eigenvalue weighted by Crippen LogP contribution is 2.35. The number of aromatic nitrogens is 2. The molecule has 1 aliphatic carbocycles. The van der Waals surface area contributed by atoms with E-state index in [0.29, 0.717) is 18.8 Å². The number of aromatic amines is 1. The summed E-state index contributed by atoms with van der Waals surface area (Å²) in [6.07, 6.45) is 3.98. The van der Waals surface area contributed by atoms with Gasteiger partial charge in [0.2, 0.25) is 5.91 Å². The Morgan fingerprint density at radius 2 is 2.10 bits per heavy atom. The largest absolute Gasteiger partial charge is 0.342 e. The zero-order valence-corrected chi connectivity index (χ0v) is 20.7. The van der Waals surface area contributed by atoms with Crippen LogP contribution in [-0.4, -0.2) is 50.7 Å². The normalized spacial score (nSPS) is 27.6. The minimum atomic E-state index is -1.000. The minimum absolute atomic E-state index is 0.180. The quantitative estimate of drug-likeness (QED) is 0.288. The van der Waals surface area contributed by atoms with Crippen molar-refractivity contribution in [2.24, 2.45) is 5.92 Å². The minimum Gasteiger partial charge on any atom is -0.342 e. The Morgan fingerprint density at radius 3 is 2.72 bits per heavy atom. The third-order valence-electron chi connectivity index (χ3n) is 6.60. The molecule has 0 bridgehead atoms. The zero-order valence-electron chi connectivity index (χ0n) is 17.4. The van der Waals surface area contributed by atoms with Crippen LogP contribution in [0.3, 0.4) is 0 Å². The predicted molar refractivity (Wildman–Crippen MR) is 131 cm³/mol. The van der Waals surface area contributed by atoms with Gasteiger partial charge in [-0.2, -0.15) is 0 Å². The van der Waals surface area contributed by atoms with Crippen LogP contribution in [0.5, 0.6) is 0 Å². The number of hydrogen-bond acceptors (Lipinski definition) is 2. The van der Waals surface area contributed by atoms with E-state index < -0.39 is 5.57 Å². The molecule has 2 atom stereocenters. The van der Waals surface area contributed by atoms with E-state index in [1.54, 1.807) is 7.85 Å². The van der Waals surface area contributed by atoms with E-state index in [1.165, 1.54) is 0 Å². The van der Waals surface area contributed by atoms with Crippen molar-refractivity contribution >= 4 is 61.9 Å². The standard InChI is InChI=1S/C21H29BFIN3OP/c1-12(19(28)27-10-20(2,24)11-27)14-3-4-15-17(18(14)29)26-16(25-15)9-13-5-7-21(22,23)8-6-13/h3-4,12-13H,5-11,22,29H2,1-2H3,(H,25,26)/t12-,13?,21?/m1/s1. The number of benzene rings is 1. The molecule has 2 aliphatic rings. The van der Waals surface area contributed by atoms with Gasteiger partial charge >= 0.3 is 0 Å². The molecule has 2 fully saturated rings. The summed E-state index contributed by atoms with van der Waals surface area (Å²) in [6.45, 7) is 5.80. The number of hydrogen-bond donors (Lipinski definition) is 1. The van der Waals surface area contributed by atoms with Gasteiger partial charge in [0, 0.05) is 24.8 Å². The zero-order chi connectivity index (χ0) is 21.0. The van der Waals surface area contributed by atoms with Gasteiger partial charge in [-0.15, -0.1) is 9.24 Å². The van der Waals surface area contributed by atoms with Gasteiger partial charge in [0.25, 0.3) is 0 Å². The molecular formula is C21H29BFIN3OP. The van der Waals surface area contributed by atoms with Crippen LogP contribution in [0.4, 0.5) is 4.39 Å². The van der Waals surface area contributed by atoms with E-state index in [0.717, 1.165) is 60.1 Å². The maximum atomic E-state index is 14.1. The van der Waals surface area contributed by atoms with Gasteiger partial charge in [0.05, 0.1) is 25.9 Å². The lowest BCUT2D eigenvalue weighted by Gasteiger charge is -2.45. The van der Waals surface area contributed by atoms with Gasteiger partial charge in [-0.3, -0.25) is 9.18 Å². The highest BCUT2D eigenvalue weighted by Gasteiger charge is 2.40. The monoisotopic (exact) mass is 527 g/mol. The first kappa shape index (κ1) is 21.5. The number of carbonyl (C=O) groups is 1. The number of imidazole rings is 1. The van der Waals surface area contributed by atoms with Gasteiger partial charge in [-0.25, -0.2) is 4.98 Å². The summed E-state index contributed by atoms with van der Waals surface area (Å²) < 4.78 is 14.3. The van der Waals surface area contributed by atoms with Crippen LogP contribution in [0.1, 0.15) is 56.8 Å². The summed E-state index contributed by atoms with van der Waals surface area (Å²) in [5, 5.41) is 1.00. The highest BCUT2D eigenvalue weighted by molar-refractivity contribution is 14.1. The van der Waals surface area contributed by atoms with Gasteiger partial charge in [-0.05, 0) is 57.1 Å². The number of alkyl halides is 2. The average Bonchev–Trinajstić information content (AvgIpc) is 3.04. The fourth-order valence-electron chi connectivity index (χ4n) is 4.71. The summed E-state index contributed by atoms with van der Waals surface area (Å²) in [7, 11) is 4.52. The molecule has 2 aromatic rings. The second kappa shape index (κ2) is 7.78. The van der Waals surface area contributed by atoms with Crippen molar-refractivity contribution in [1.82, 2.24) is 14.9 Å². The number of nitrogens with one attached hydrogen (secondary N) is 1. The summed E-state index contributed by atoms with van der Waals surface area (Å²) in [6, 6.07) is 4.09. The molecule has 8 heteroatoms. The van der Waals surface area contributed by atoms with Gasteiger partial charge in [0.15, 0.2) is 0 Å². The molecule has 1 aliphatic heterocycles. The molecule has 156 valence electrons. The number of H-pyrrole nitrogens is 1. The maximum Gasteiger partial charge on any atom is 0.229 e. The average molecular weight is 527 g/mol. The Hall–Kier alpha value is -0.685. The first-order valence-corrected chi connectivity index (χ1v) is 12.1. The molecule has 1 saturated carbocycles. The first-order chi connectivity index (χ1) is 13.5. The van der Waals surface area contributed by atoms with Crippen molar-refractivity contribution in [2.45, 2.75) is 60.9 Å². The van der Waals surface area contributed by atoms with Gasteiger partial charge in [0.1, 0.15) is 13.7 Å². The Kier molecular flexibility index (Phi) is 5.78. The number of halogens is 2. The summed E-state index contributed by atoms with van der Waals surface area (Å²) in [4.78, 5) is 23.1. The van der Waals surface area contributed by atoms with Crippen molar-refractivity contribution in [3.05, 3.63) is 23.5 Å². The van der Waals surface area contributed by atoms with E-state index in [1.807, 2.05) is 24.0 Å². The summed E-state index contributed by atoms with van der Waals surface area (Å²) >= 11 is 2.43. The Labute approximate surface area is 188 Å². The lowest BCUT2D eigenvalue weighted by molar-refractivity contribution is -0.136. The van der Waals surface area contributed by atoms with Crippen LogP contribution in [0.25, 0.3) is 11.0 Å². The molecule has 4 rings (SSSR count). The van der Waals surface area contributed by atoms with E-state index in [-0.39, 0.29) is 15.2 Å². The number of nitrogens with zero attached hydrogens (tertiary/aromatic N) is 2. The highest BCUT2D eigenvalue weighted by atomic mass is 127. The molecule has 4 nitrogen and oxygen atoms in total. The number of carbonyl (C=O) groups excluding carboxylic acids is 1. The molecule has 0 radical (unpaired) electrons. The third kappa shape index (κ3) is 4.51. The molecular weight excluding hydrogens is 498 g/mol. The molecule has 2 heterocycles. The van der Waals surface area contributed by atoms with E-state index in [9.17, 15) is 9.18 Å². The van der Waals surface area contributed by atoms with Crippen LogP contribution >= 0.6 is 31.8 Å². The molecule has 1 aromatic heterocycles. The van der Waals surface area contributed by atoms with Crippen LogP contribution in [0.2, 0.25) is 0 Å². The number of likely N-dealkylation sites (tertiary alicyclic amines) is 1. The summed E-state index contributed by atoms with van der Waals surface area (Å²) in [5.74, 6) is 1.46. The Balaban J connectivity index is 1.50. The fourth-order valence-corrected chi connectivity index (χ4v) is 6.10. The predicted octanol–water partition coefficient (Wildman–Crippen LogP) is 3.23. The van der Waals surface area contributed by atoms with Gasteiger partial charge < -0.3 is 9.88 Å². The van der Waals surface area contributed by atoms with Crippen molar-refractivity contribution in [3.63, 3.8) is 0 Å². The van der Waals surface area contributed by atoms with Crippen LogP contribution < -0.4 is 5.30 Å². The van der Waals surface area contributed by atoms with Crippen LogP contribution in [0, 0.1) is 5.92 Å². The van der Waals surface area contributed by atoms with E-state index in [4.69, 9.17) is 4.98 Å². The first-order valence-electron chi connectivity index (χ1n) is 10.5. The fraction of sp³-hybridized carbons (Fsp3) is 0.619. The molecule has 1 amide bonds. The smallest absolute Gasteiger partial charge is 0.229 e. The second-order valence-electron chi connectivity index (χ2n) is 9.54. The molecule has 1 saturated heterocycles. The number of rotatable bonds is 4. The van der Waals surface area contributed by atoms with Crippen LogP contribution in [0.15, 0.2) is 12.1 Å². The topological polar surface area (TPSA) is 49.0 Å². The molecule has 1 aromatic carbocycles. The van der Waals surface area contributed by atoms with E-state index in [2.05, 4.69) is 43.7 Å². The molecule has 0 spiro atoms. The summed E-state index contributed by atoms with van der Waals surface area (Å²) in [5.41, 5.74) is 1.96. The molecule has 1 N–H and O–H groups in total. The van der Waals surface area contributed by atoms with E-state index >= 15 is 0 Å². The SMILES string of the molecule is BC1(F)CCC(Cc2nc3c(P)c([C@@H](C)C(=O)N4CC(C)(I)C4)ccc3[nH]2)CC1. The lowest BCUT2D eigenvalue weighted by Crippen LogP contribution is -2.59. The van der Waals surface area contributed by atoms with Crippen molar-refractivity contribution < 1.29 is 9.18 Å². The Morgan fingerprint density at radius 1 is 1.45 bits per heavy atom. The third-order valence-corrected chi connectivity index (χ3v) is 7.88.